The van der Waals surface area contributed by atoms with Crippen LogP contribution < -0.4 is 15.2 Å². The lowest BCUT2D eigenvalue weighted by atomic mass is 10.0. The summed E-state index contributed by atoms with van der Waals surface area (Å²) in [6, 6.07) is 12.4. The number of para-hydroxylation sites is 1. The summed E-state index contributed by atoms with van der Waals surface area (Å²) in [5.74, 6) is 1.19. The molecule has 108 valence electrons. The van der Waals surface area contributed by atoms with E-state index in [9.17, 15) is 4.79 Å². The summed E-state index contributed by atoms with van der Waals surface area (Å²) >= 11 is 0. The molecule has 1 saturated carbocycles. The highest BCUT2D eigenvalue weighted by atomic mass is 16.5. The van der Waals surface area contributed by atoms with Crippen molar-refractivity contribution in [2.75, 3.05) is 12.8 Å². The topological polar surface area (TPSA) is 61.5 Å². The van der Waals surface area contributed by atoms with Crippen LogP contribution in [0.4, 0.5) is 5.69 Å². The number of ketones is 1. The highest BCUT2D eigenvalue weighted by Crippen LogP contribution is 2.29. The molecule has 21 heavy (non-hydrogen) atoms. The fourth-order valence-electron chi connectivity index (χ4n) is 2.14. The van der Waals surface area contributed by atoms with Crippen molar-refractivity contribution in [2.45, 2.75) is 18.9 Å². The predicted octanol–water partition coefficient (Wildman–Crippen LogP) is 3.05. The molecule has 0 heterocycles. The molecule has 2 aromatic rings. The molecule has 0 atom stereocenters. The van der Waals surface area contributed by atoms with Crippen LogP contribution in [0, 0.1) is 0 Å². The molecule has 0 spiro atoms. The van der Waals surface area contributed by atoms with Gasteiger partial charge in [0.05, 0.1) is 18.9 Å². The van der Waals surface area contributed by atoms with E-state index >= 15 is 0 Å². The van der Waals surface area contributed by atoms with Gasteiger partial charge in [0.1, 0.15) is 11.5 Å². The van der Waals surface area contributed by atoms with Gasteiger partial charge in [-0.1, -0.05) is 6.07 Å². The number of methoxy groups -OCH3 is 1. The molecular formula is C17H17NO3. The maximum absolute atomic E-state index is 12.5. The molecule has 2 N–H and O–H groups in total. The first kappa shape index (κ1) is 13.5. The second-order valence-electron chi connectivity index (χ2n) is 5.09. The Balaban J connectivity index is 1.84. The summed E-state index contributed by atoms with van der Waals surface area (Å²) in [5, 5.41) is 0. The highest BCUT2D eigenvalue weighted by Gasteiger charge is 2.23. The Hall–Kier alpha value is -2.49. The SMILES string of the molecule is COc1cccc(C(=O)c2ccc(OC3CC3)cc2)c1N. The number of nitrogen functional groups attached to an aromatic ring is 1. The average molecular weight is 283 g/mol. The van der Waals surface area contributed by atoms with Gasteiger partial charge in [-0.25, -0.2) is 0 Å². The van der Waals surface area contributed by atoms with Gasteiger partial charge in [0.2, 0.25) is 0 Å². The van der Waals surface area contributed by atoms with Crippen molar-refractivity contribution in [3.8, 4) is 11.5 Å². The van der Waals surface area contributed by atoms with Crippen molar-refractivity contribution < 1.29 is 14.3 Å². The third-order valence-corrected chi connectivity index (χ3v) is 3.47. The maximum Gasteiger partial charge on any atom is 0.195 e. The van der Waals surface area contributed by atoms with Gasteiger partial charge in [-0.2, -0.15) is 0 Å². The van der Waals surface area contributed by atoms with Crippen LogP contribution in [0.5, 0.6) is 11.5 Å². The van der Waals surface area contributed by atoms with Gasteiger partial charge in [0.15, 0.2) is 5.78 Å². The zero-order valence-corrected chi connectivity index (χ0v) is 11.8. The number of rotatable bonds is 5. The number of carbonyl (C=O) groups is 1. The van der Waals surface area contributed by atoms with Crippen LogP contribution in [-0.4, -0.2) is 19.0 Å². The molecule has 4 nitrogen and oxygen atoms in total. The van der Waals surface area contributed by atoms with Gasteiger partial charge in [-0.3, -0.25) is 4.79 Å². The molecule has 0 unspecified atom stereocenters. The van der Waals surface area contributed by atoms with Crippen LogP contribution >= 0.6 is 0 Å². The van der Waals surface area contributed by atoms with Crippen LogP contribution in [0.15, 0.2) is 42.5 Å². The van der Waals surface area contributed by atoms with E-state index in [-0.39, 0.29) is 5.78 Å². The first-order valence-corrected chi connectivity index (χ1v) is 6.93. The van der Waals surface area contributed by atoms with E-state index in [1.165, 1.54) is 7.11 Å². The number of ether oxygens (including phenoxy) is 2. The average Bonchev–Trinajstić information content (AvgIpc) is 3.32. The van der Waals surface area contributed by atoms with Gasteiger partial charge in [0.25, 0.3) is 0 Å². The Kier molecular flexibility index (Phi) is 3.52. The number of nitrogens with two attached hydrogens (primary N) is 1. The largest absolute Gasteiger partial charge is 0.495 e. The normalized spacial score (nSPS) is 13.8. The lowest BCUT2D eigenvalue weighted by Gasteiger charge is -2.10. The highest BCUT2D eigenvalue weighted by molar-refractivity contribution is 6.12. The second-order valence-corrected chi connectivity index (χ2v) is 5.09. The molecule has 0 radical (unpaired) electrons. The molecule has 2 aromatic carbocycles. The van der Waals surface area contributed by atoms with Gasteiger partial charge >= 0.3 is 0 Å². The number of benzene rings is 2. The molecule has 4 heteroatoms. The molecule has 0 aromatic heterocycles. The molecule has 0 amide bonds. The molecule has 1 aliphatic carbocycles. The Morgan fingerprint density at radius 1 is 1.14 bits per heavy atom. The van der Waals surface area contributed by atoms with Crippen molar-refractivity contribution in [2.24, 2.45) is 0 Å². The zero-order chi connectivity index (χ0) is 14.8. The van der Waals surface area contributed by atoms with Crippen LogP contribution in [0.3, 0.4) is 0 Å². The van der Waals surface area contributed by atoms with Crippen molar-refractivity contribution in [3.05, 3.63) is 53.6 Å². The molecule has 0 bridgehead atoms. The molecule has 3 rings (SSSR count). The van der Waals surface area contributed by atoms with Gasteiger partial charge < -0.3 is 15.2 Å². The van der Waals surface area contributed by atoms with Crippen molar-refractivity contribution in [1.82, 2.24) is 0 Å². The fraction of sp³-hybridized carbons (Fsp3) is 0.235. The zero-order valence-electron chi connectivity index (χ0n) is 11.8. The summed E-state index contributed by atoms with van der Waals surface area (Å²) in [4.78, 5) is 12.5. The Labute approximate surface area is 123 Å². The summed E-state index contributed by atoms with van der Waals surface area (Å²) in [5.41, 5.74) is 7.36. The lowest BCUT2D eigenvalue weighted by Crippen LogP contribution is -2.06. The summed E-state index contributed by atoms with van der Waals surface area (Å²) in [7, 11) is 1.53. The molecule has 1 fully saturated rings. The van der Waals surface area contributed by atoms with E-state index in [2.05, 4.69) is 0 Å². The molecule has 1 aliphatic rings. The molecular weight excluding hydrogens is 266 g/mol. The number of carbonyl (C=O) groups excluding carboxylic acids is 1. The smallest absolute Gasteiger partial charge is 0.195 e. The van der Waals surface area contributed by atoms with E-state index < -0.39 is 0 Å². The first-order valence-electron chi connectivity index (χ1n) is 6.93. The first-order chi connectivity index (χ1) is 10.2. The van der Waals surface area contributed by atoms with E-state index in [1.807, 2.05) is 12.1 Å². The van der Waals surface area contributed by atoms with Gasteiger partial charge in [-0.15, -0.1) is 0 Å². The van der Waals surface area contributed by atoms with Crippen LogP contribution in [0.25, 0.3) is 0 Å². The lowest BCUT2D eigenvalue weighted by molar-refractivity contribution is 0.103. The number of hydrogen-bond acceptors (Lipinski definition) is 4. The van der Waals surface area contributed by atoms with Gasteiger partial charge in [0, 0.05) is 11.1 Å². The van der Waals surface area contributed by atoms with Crippen molar-refractivity contribution in [3.63, 3.8) is 0 Å². The minimum absolute atomic E-state index is 0.121. The molecule has 0 saturated heterocycles. The van der Waals surface area contributed by atoms with Crippen LogP contribution in [0.2, 0.25) is 0 Å². The second kappa shape index (κ2) is 5.48. The predicted molar refractivity (Wildman–Crippen MR) is 80.9 cm³/mol. The van der Waals surface area contributed by atoms with Crippen LogP contribution in [-0.2, 0) is 0 Å². The van der Waals surface area contributed by atoms with Crippen LogP contribution in [0.1, 0.15) is 28.8 Å². The number of hydrogen-bond donors (Lipinski definition) is 1. The standard InChI is InChI=1S/C17H17NO3/c1-20-15-4-2-3-14(16(15)18)17(19)11-5-7-12(8-6-11)21-13-9-10-13/h2-8,13H,9-10,18H2,1H3. The van der Waals surface area contributed by atoms with E-state index in [0.29, 0.717) is 28.7 Å². The van der Waals surface area contributed by atoms with Crippen molar-refractivity contribution >= 4 is 11.5 Å². The Morgan fingerprint density at radius 2 is 1.86 bits per heavy atom. The van der Waals surface area contributed by atoms with E-state index in [4.69, 9.17) is 15.2 Å². The van der Waals surface area contributed by atoms with E-state index in [1.54, 1.807) is 30.3 Å². The summed E-state index contributed by atoms with van der Waals surface area (Å²) < 4.78 is 10.8. The van der Waals surface area contributed by atoms with Gasteiger partial charge in [-0.05, 0) is 49.2 Å². The third kappa shape index (κ3) is 2.84. The monoisotopic (exact) mass is 283 g/mol. The molecule has 0 aliphatic heterocycles. The third-order valence-electron chi connectivity index (χ3n) is 3.47. The minimum atomic E-state index is -0.121. The Morgan fingerprint density at radius 3 is 2.48 bits per heavy atom. The quantitative estimate of drug-likeness (QED) is 0.676. The summed E-state index contributed by atoms with van der Waals surface area (Å²) in [6.07, 6.45) is 2.57. The Bertz CT molecular complexity index is 660. The fourth-order valence-corrected chi connectivity index (χ4v) is 2.14. The number of anilines is 1. The minimum Gasteiger partial charge on any atom is -0.495 e. The summed E-state index contributed by atoms with van der Waals surface area (Å²) in [6.45, 7) is 0. The van der Waals surface area contributed by atoms with E-state index in [0.717, 1.165) is 18.6 Å². The van der Waals surface area contributed by atoms with Crippen molar-refractivity contribution in [1.29, 1.82) is 0 Å². The maximum atomic E-state index is 12.5.